The number of carbonyl (C=O) groups is 18. The third kappa shape index (κ3) is 40.2. The minimum absolute atomic E-state index is 0. The molecule has 3 heterocycles. The topological polar surface area (TPSA) is 437 Å². The molecule has 3 amide bonds. The molecule has 0 aromatic heterocycles. The van der Waals surface area contributed by atoms with Gasteiger partial charge in [0.15, 0.2) is 0 Å². The molecular formula is C70H97N3O31. The van der Waals surface area contributed by atoms with Gasteiger partial charge in [0.1, 0.15) is 57.0 Å². The molecule has 3 saturated carbocycles. The Balaban J connectivity index is 0.00000122. The summed E-state index contributed by atoms with van der Waals surface area (Å²) >= 11 is 0. The highest BCUT2D eigenvalue weighted by Crippen LogP contribution is 2.24. The lowest BCUT2D eigenvalue weighted by atomic mass is 10.1. The van der Waals surface area contributed by atoms with E-state index in [0.717, 1.165) is 111 Å². The number of methoxy groups -OCH3 is 7. The quantitative estimate of drug-likeness (QED) is 0.0615. The van der Waals surface area contributed by atoms with Crippen molar-refractivity contribution >= 4 is 107 Å². The van der Waals surface area contributed by atoms with Crippen LogP contribution in [0.2, 0.25) is 0 Å². The van der Waals surface area contributed by atoms with Crippen molar-refractivity contribution in [3.63, 3.8) is 0 Å². The fraction of sp³-hybridized carbons (Fsp3) is 0.571. The summed E-state index contributed by atoms with van der Waals surface area (Å²) in [5.41, 5.74) is 0. The lowest BCUT2D eigenvalue weighted by Gasteiger charge is -2.15. The highest BCUT2D eigenvalue weighted by molar-refractivity contribution is 5.96. The molecule has 0 bridgehead atoms. The first-order chi connectivity index (χ1) is 49.1. The van der Waals surface area contributed by atoms with Crippen molar-refractivity contribution in [2.45, 2.75) is 91.4 Å². The van der Waals surface area contributed by atoms with Gasteiger partial charge in [0.2, 0.25) is 17.7 Å². The molecule has 3 aliphatic heterocycles. The first-order valence-electron chi connectivity index (χ1n) is 32.6. The Kier molecular flexibility index (Phi) is 48.7. The zero-order chi connectivity index (χ0) is 77.2. The fourth-order valence-electron chi connectivity index (χ4n) is 9.51. The average Bonchev–Trinajstić information content (AvgIpc) is 1.42. The van der Waals surface area contributed by atoms with Crippen molar-refractivity contribution in [1.29, 1.82) is 0 Å². The van der Waals surface area contributed by atoms with E-state index < -0.39 is 71.6 Å². The van der Waals surface area contributed by atoms with Gasteiger partial charge in [-0.3, -0.25) is 28.8 Å². The van der Waals surface area contributed by atoms with Crippen LogP contribution in [0, 0.1) is 35.5 Å². The number of likely N-dealkylation sites (tertiary alicyclic amines) is 3. The Labute approximate surface area is 602 Å². The van der Waals surface area contributed by atoms with E-state index in [9.17, 15) is 86.3 Å². The maximum atomic E-state index is 11.9. The predicted molar refractivity (Wildman–Crippen MR) is 359 cm³/mol. The third-order valence-electron chi connectivity index (χ3n) is 15.5. The number of hydrogen-bond donors (Lipinski definition) is 0. The molecule has 34 heteroatoms. The third-order valence-corrected chi connectivity index (χ3v) is 15.5. The molecule has 0 aromatic carbocycles. The van der Waals surface area contributed by atoms with Gasteiger partial charge in [-0.25, -0.2) is 57.5 Å². The summed E-state index contributed by atoms with van der Waals surface area (Å²) < 4.78 is 60.0. The van der Waals surface area contributed by atoms with Gasteiger partial charge in [-0.05, 0) is 64.7 Å². The minimum Gasteiger partial charge on any atom is -0.466 e. The minimum atomic E-state index is -0.668. The molecule has 0 aromatic rings. The zero-order valence-corrected chi connectivity index (χ0v) is 59.4. The van der Waals surface area contributed by atoms with E-state index in [-0.39, 0.29) is 118 Å². The van der Waals surface area contributed by atoms with Gasteiger partial charge in [-0.1, -0.05) is 7.43 Å². The monoisotopic (exact) mass is 1480 g/mol. The lowest BCUT2D eigenvalue weighted by molar-refractivity contribution is -0.143. The van der Waals surface area contributed by atoms with Gasteiger partial charge in [-0.2, -0.15) is 0 Å². The van der Waals surface area contributed by atoms with Crippen molar-refractivity contribution in [3.05, 3.63) is 72.9 Å². The van der Waals surface area contributed by atoms with E-state index in [4.69, 9.17) is 33.2 Å². The van der Waals surface area contributed by atoms with Crippen LogP contribution in [-0.4, -0.2) is 257 Å². The van der Waals surface area contributed by atoms with Gasteiger partial charge in [0.05, 0.1) is 84.8 Å². The first kappa shape index (κ1) is 93.5. The molecule has 6 rings (SSSR count). The Bertz CT molecular complexity index is 2960. The molecular weight excluding hydrogens is 1380 g/mol. The van der Waals surface area contributed by atoms with Crippen LogP contribution in [0.25, 0.3) is 0 Å². The Hall–Kier alpha value is -10.5. The number of ketones is 3. The van der Waals surface area contributed by atoms with Crippen LogP contribution < -0.4 is 0 Å². The number of rotatable bonds is 28. The van der Waals surface area contributed by atoms with Crippen LogP contribution in [0.15, 0.2) is 72.9 Å². The molecule has 6 aliphatic rings. The molecule has 578 valence electrons. The zero-order valence-electron chi connectivity index (χ0n) is 59.4. The van der Waals surface area contributed by atoms with Crippen molar-refractivity contribution in [2.24, 2.45) is 35.5 Å². The molecule has 0 N–H and O–H groups in total. The summed E-state index contributed by atoms with van der Waals surface area (Å²) in [5.74, 6) is -8.58. The average molecular weight is 1480 g/mol. The molecule has 0 radical (unpaired) electrons. The molecule has 6 fully saturated rings. The van der Waals surface area contributed by atoms with Gasteiger partial charge < -0.3 is 76.3 Å². The van der Waals surface area contributed by atoms with Crippen molar-refractivity contribution in [3.8, 4) is 0 Å². The summed E-state index contributed by atoms with van der Waals surface area (Å²) in [5, 5.41) is 0. The molecule has 3 aliphatic carbocycles. The highest BCUT2D eigenvalue weighted by Gasteiger charge is 2.34. The summed E-state index contributed by atoms with van der Waals surface area (Å²) in [6.07, 6.45) is 20.4. The van der Waals surface area contributed by atoms with Gasteiger partial charge in [-0.15, -0.1) is 0 Å². The number of ether oxygens (including phenoxy) is 13. The van der Waals surface area contributed by atoms with E-state index in [1.807, 2.05) is 6.92 Å². The summed E-state index contributed by atoms with van der Waals surface area (Å²) in [7, 11) is 10.6. The maximum absolute atomic E-state index is 11.9. The van der Waals surface area contributed by atoms with Crippen molar-refractivity contribution < 1.29 is 148 Å². The van der Waals surface area contributed by atoms with Crippen LogP contribution in [0.3, 0.4) is 0 Å². The number of nitrogens with zero attached hydrogens (tertiary/aromatic N) is 3. The summed E-state index contributed by atoms with van der Waals surface area (Å²) in [6, 6.07) is 0. The predicted octanol–water partition coefficient (Wildman–Crippen LogP) is 2.14. The van der Waals surface area contributed by atoms with E-state index in [1.54, 1.807) is 28.9 Å². The Morgan fingerprint density at radius 1 is 0.327 bits per heavy atom. The number of Topliss-reactive ketones (excluding diaryl/α,β-unsaturated/α-hetero) is 3. The van der Waals surface area contributed by atoms with Crippen LogP contribution in [0.4, 0.5) is 0 Å². The smallest absolute Gasteiger partial charge is 0.331 e. The van der Waals surface area contributed by atoms with Crippen molar-refractivity contribution in [1.82, 2.24) is 14.7 Å². The van der Waals surface area contributed by atoms with Crippen LogP contribution in [0.5, 0.6) is 0 Å². The number of carbonyl (C=O) groups excluding carboxylic acids is 18. The number of esters is 12. The van der Waals surface area contributed by atoms with Crippen LogP contribution in [0.1, 0.15) is 91.4 Å². The molecule has 6 atom stereocenters. The van der Waals surface area contributed by atoms with Crippen molar-refractivity contribution in [2.75, 3.05) is 136 Å². The summed E-state index contributed by atoms with van der Waals surface area (Å²) in [4.78, 5) is 205. The second-order valence-electron chi connectivity index (χ2n) is 22.5. The number of hydrogen-bond acceptors (Lipinski definition) is 31. The van der Waals surface area contributed by atoms with Gasteiger partial charge in [0.25, 0.3) is 0 Å². The lowest BCUT2D eigenvalue weighted by Crippen LogP contribution is -2.31. The standard InChI is InChI=1S/C13H19NO6.C12H17NO5.C11H15NO5.3C11H14O5.CH4/c1-18-8-7-14-6-5-10(13(14)17)9-20-12(16)4-3-11(15)19-2;1-3-13-7-6-9(12(13)16)8-18-11(15)5-4-10(14)17-2;1-12-6-5-8(11(12)15)7-17-10(14)4-3-9(13)16-2;3*1-15-10(13)5-6-11(14)16-7-8-3-2-4-9(8)12;/h3-4,10H,5-9H2,1-2H3;4-5,9H,3,6-8H2,1-2H3;3-4,8H,5-7H2,1-2H3;3*5-6,8H,2-4,7H2,1H3;1H4/b4-3+;5-4+;4-3+;3*6-5+;/t;;;2*8-;;/m...10../s1. The molecule has 104 heavy (non-hydrogen) atoms. The van der Waals surface area contributed by atoms with E-state index in [2.05, 4.69) is 28.4 Å². The molecule has 0 spiro atoms. The van der Waals surface area contributed by atoms with Gasteiger partial charge >= 0.3 is 71.6 Å². The van der Waals surface area contributed by atoms with Crippen LogP contribution in [-0.2, 0) is 148 Å². The van der Waals surface area contributed by atoms with Crippen LogP contribution >= 0.6 is 0 Å². The molecule has 4 unspecified atom stereocenters. The van der Waals surface area contributed by atoms with E-state index in [0.29, 0.717) is 77.9 Å². The second-order valence-corrected chi connectivity index (χ2v) is 22.5. The van der Waals surface area contributed by atoms with E-state index >= 15 is 0 Å². The Morgan fingerprint density at radius 2 is 0.558 bits per heavy atom. The van der Waals surface area contributed by atoms with E-state index in [1.165, 1.54) is 42.7 Å². The molecule has 3 saturated heterocycles. The first-order valence-corrected chi connectivity index (χ1v) is 32.6. The number of amides is 3. The Morgan fingerprint density at radius 3 is 0.769 bits per heavy atom. The molecule has 34 nitrogen and oxygen atoms in total. The normalized spacial score (nSPS) is 19.4. The largest absolute Gasteiger partial charge is 0.466 e. The SMILES string of the molecule is C.CCN1CCC(COC(=O)/C=C/C(=O)OC)C1=O.COC(=O)/C=C/C(=O)OCC1CCCC1=O.COC(=O)/C=C/C(=O)OCC1CCN(C)C1=O.COC(=O)/C=C/C(=O)OC[C@@H]1CCCC1=O.COC(=O)/C=C/C(=O)OC[C@H]1CCCC1=O.COCCN1CCC(COC(=O)/C=C/C(=O)OC)C1=O. The highest BCUT2D eigenvalue weighted by atomic mass is 16.6. The second kappa shape index (κ2) is 54.2. The summed E-state index contributed by atoms with van der Waals surface area (Å²) in [6.45, 7) is 6.06. The fourth-order valence-corrected chi connectivity index (χ4v) is 9.51. The van der Waals surface area contributed by atoms with Gasteiger partial charge in [0, 0.05) is 139 Å². The maximum Gasteiger partial charge on any atom is 0.331 e.